The molecule has 0 bridgehead atoms. The number of hydrogen-bond donors (Lipinski definition) is 1. The summed E-state index contributed by atoms with van der Waals surface area (Å²) in [7, 11) is 3.22. The Bertz CT molecular complexity index is 804. The lowest BCUT2D eigenvalue weighted by Gasteiger charge is -2.25. The van der Waals surface area contributed by atoms with Crippen molar-refractivity contribution in [1.82, 2.24) is 14.9 Å². The van der Waals surface area contributed by atoms with E-state index in [0.717, 1.165) is 31.1 Å². The van der Waals surface area contributed by atoms with Crippen LogP contribution in [-0.4, -0.2) is 36.4 Å². The van der Waals surface area contributed by atoms with Gasteiger partial charge in [-0.15, -0.1) is 0 Å². The molecule has 2 atom stereocenters. The molecule has 28 heavy (non-hydrogen) atoms. The summed E-state index contributed by atoms with van der Waals surface area (Å²) in [5, 5.41) is 3.51. The quantitative estimate of drug-likeness (QED) is 0.774. The van der Waals surface area contributed by atoms with Gasteiger partial charge < -0.3 is 19.4 Å². The number of halogens is 3. The van der Waals surface area contributed by atoms with Crippen molar-refractivity contribution in [1.29, 1.82) is 0 Å². The highest BCUT2D eigenvalue weighted by Crippen LogP contribution is 2.31. The van der Waals surface area contributed by atoms with E-state index in [1.54, 1.807) is 18.8 Å². The number of methoxy groups -OCH3 is 2. The molecule has 0 fully saturated rings. The Morgan fingerprint density at radius 1 is 1.25 bits per heavy atom. The second kappa shape index (κ2) is 8.43. The molecular weight excluding hydrogens is 371 g/mol. The molecule has 2 heterocycles. The van der Waals surface area contributed by atoms with Gasteiger partial charge in [0.2, 0.25) is 0 Å². The Morgan fingerprint density at radius 3 is 2.68 bits per heavy atom. The largest absolute Gasteiger partial charge is 0.493 e. The van der Waals surface area contributed by atoms with E-state index >= 15 is 0 Å². The van der Waals surface area contributed by atoms with Crippen LogP contribution in [0.5, 0.6) is 11.5 Å². The summed E-state index contributed by atoms with van der Waals surface area (Å²) in [6.45, 7) is 3.42. The number of aryl methyl sites for hydroxylation is 1. The van der Waals surface area contributed by atoms with Crippen LogP contribution in [0.25, 0.3) is 0 Å². The van der Waals surface area contributed by atoms with Crippen LogP contribution in [0.4, 0.5) is 13.2 Å². The first-order valence-electron chi connectivity index (χ1n) is 9.37. The van der Waals surface area contributed by atoms with Crippen LogP contribution in [0.3, 0.4) is 0 Å². The molecule has 8 heteroatoms. The molecular formula is C20H26F3N3O2. The lowest BCUT2D eigenvalue weighted by atomic mass is 9.98. The predicted molar refractivity (Wildman–Crippen MR) is 99.8 cm³/mol. The number of fused-ring (bicyclic) bond motifs is 1. The van der Waals surface area contributed by atoms with Crippen molar-refractivity contribution in [2.45, 2.75) is 44.9 Å². The van der Waals surface area contributed by atoms with E-state index in [-0.39, 0.29) is 12.0 Å². The number of imidazole rings is 1. The monoisotopic (exact) mass is 397 g/mol. The van der Waals surface area contributed by atoms with Gasteiger partial charge in [0.1, 0.15) is 5.82 Å². The summed E-state index contributed by atoms with van der Waals surface area (Å²) >= 11 is 0. The molecule has 1 N–H and O–H groups in total. The second-order valence-electron chi connectivity index (χ2n) is 7.30. The van der Waals surface area contributed by atoms with Crippen LogP contribution in [0.15, 0.2) is 24.4 Å². The zero-order valence-corrected chi connectivity index (χ0v) is 16.3. The van der Waals surface area contributed by atoms with Crippen molar-refractivity contribution in [2.24, 2.45) is 5.92 Å². The second-order valence-corrected chi connectivity index (χ2v) is 7.30. The smallest absolute Gasteiger partial charge is 0.434 e. The minimum Gasteiger partial charge on any atom is -0.493 e. The topological polar surface area (TPSA) is 48.3 Å². The zero-order chi connectivity index (χ0) is 20.3. The number of nitrogens with zero attached hydrogens (tertiary/aromatic N) is 2. The maximum absolute atomic E-state index is 12.8. The number of hydrogen-bond acceptors (Lipinski definition) is 4. The number of ether oxygens (including phenoxy) is 2. The predicted octanol–water partition coefficient (Wildman–Crippen LogP) is 3.70. The van der Waals surface area contributed by atoms with Crippen LogP contribution in [0.2, 0.25) is 0 Å². The van der Waals surface area contributed by atoms with Gasteiger partial charge >= 0.3 is 6.18 Å². The maximum Gasteiger partial charge on any atom is 0.434 e. The average molecular weight is 397 g/mol. The van der Waals surface area contributed by atoms with Gasteiger partial charge in [0.25, 0.3) is 0 Å². The number of aromatic nitrogens is 2. The minimum absolute atomic E-state index is 0.230. The highest BCUT2D eigenvalue weighted by atomic mass is 19.4. The first-order valence-corrected chi connectivity index (χ1v) is 9.37. The standard InChI is InChI=1S/C20H26F3N3O2/c1-13(8-14-4-6-16(27-2)17(9-14)28-3)24-10-15-5-7-19-25-18(20(21,22)23)12-26(19)11-15/h4,6,9,12-13,15,24H,5,7-8,10-11H2,1-3H3/t13-,15+/m1/s1. The molecule has 154 valence electrons. The van der Waals surface area contributed by atoms with E-state index < -0.39 is 11.9 Å². The minimum atomic E-state index is -4.38. The normalized spacial score (nSPS) is 17.9. The van der Waals surface area contributed by atoms with Gasteiger partial charge in [-0.05, 0) is 49.9 Å². The van der Waals surface area contributed by atoms with Crippen molar-refractivity contribution in [2.75, 3.05) is 20.8 Å². The molecule has 0 saturated carbocycles. The highest BCUT2D eigenvalue weighted by Gasteiger charge is 2.35. The molecule has 0 amide bonds. The van der Waals surface area contributed by atoms with Crippen molar-refractivity contribution in [3.05, 3.63) is 41.5 Å². The van der Waals surface area contributed by atoms with Gasteiger partial charge in [-0.1, -0.05) is 6.07 Å². The summed E-state index contributed by atoms with van der Waals surface area (Å²) in [5.41, 5.74) is 0.339. The summed E-state index contributed by atoms with van der Waals surface area (Å²) in [5.74, 6) is 2.22. The fourth-order valence-corrected chi connectivity index (χ4v) is 3.62. The number of rotatable bonds is 7. The van der Waals surface area contributed by atoms with Gasteiger partial charge in [-0.3, -0.25) is 0 Å². The number of benzene rings is 1. The maximum atomic E-state index is 12.8. The summed E-state index contributed by atoms with van der Waals surface area (Å²) in [4.78, 5) is 3.73. The summed E-state index contributed by atoms with van der Waals surface area (Å²) in [6, 6.07) is 6.10. The first kappa shape index (κ1) is 20.5. The summed E-state index contributed by atoms with van der Waals surface area (Å²) < 4.78 is 50.7. The fourth-order valence-electron chi connectivity index (χ4n) is 3.62. The van der Waals surface area contributed by atoms with Crippen molar-refractivity contribution in [3.63, 3.8) is 0 Å². The van der Waals surface area contributed by atoms with Crippen LogP contribution < -0.4 is 14.8 Å². The summed E-state index contributed by atoms with van der Waals surface area (Å²) in [6.07, 6.45) is -1.01. The lowest BCUT2D eigenvalue weighted by Crippen LogP contribution is -2.36. The van der Waals surface area contributed by atoms with E-state index in [2.05, 4.69) is 17.2 Å². The van der Waals surface area contributed by atoms with Crippen LogP contribution in [0.1, 0.15) is 30.4 Å². The molecule has 1 aliphatic rings. The van der Waals surface area contributed by atoms with Gasteiger partial charge in [0, 0.05) is 25.2 Å². The number of alkyl halides is 3. The Hall–Kier alpha value is -2.22. The van der Waals surface area contributed by atoms with Crippen LogP contribution in [-0.2, 0) is 25.6 Å². The molecule has 0 spiro atoms. The molecule has 2 aromatic rings. The van der Waals surface area contributed by atoms with Crippen molar-refractivity contribution in [3.8, 4) is 11.5 Å². The SMILES string of the molecule is COc1ccc(C[C@@H](C)NC[C@@H]2CCc3nc(C(F)(F)F)cn3C2)cc1OC. The molecule has 1 aliphatic heterocycles. The molecule has 0 unspecified atom stereocenters. The van der Waals surface area contributed by atoms with Crippen molar-refractivity contribution < 1.29 is 22.6 Å². The third-order valence-electron chi connectivity index (χ3n) is 5.13. The highest BCUT2D eigenvalue weighted by molar-refractivity contribution is 5.43. The van der Waals surface area contributed by atoms with E-state index in [9.17, 15) is 13.2 Å². The first-order chi connectivity index (χ1) is 13.3. The Kier molecular flexibility index (Phi) is 6.17. The Morgan fingerprint density at radius 2 is 2.00 bits per heavy atom. The molecule has 0 radical (unpaired) electrons. The number of nitrogens with one attached hydrogen (secondary N) is 1. The molecule has 1 aromatic heterocycles. The van der Waals surface area contributed by atoms with Gasteiger partial charge in [0.15, 0.2) is 17.2 Å². The van der Waals surface area contributed by atoms with Crippen LogP contribution in [0, 0.1) is 5.92 Å². The molecule has 1 aromatic carbocycles. The molecule has 5 nitrogen and oxygen atoms in total. The van der Waals surface area contributed by atoms with Gasteiger partial charge in [-0.2, -0.15) is 13.2 Å². The molecule has 0 saturated heterocycles. The van der Waals surface area contributed by atoms with Crippen molar-refractivity contribution >= 4 is 0 Å². The molecule has 0 aliphatic carbocycles. The van der Waals surface area contributed by atoms with E-state index in [4.69, 9.17) is 9.47 Å². The van der Waals surface area contributed by atoms with E-state index in [1.165, 1.54) is 0 Å². The fraction of sp³-hybridized carbons (Fsp3) is 0.550. The van der Waals surface area contributed by atoms with E-state index in [0.29, 0.717) is 30.3 Å². The third kappa shape index (κ3) is 4.79. The third-order valence-corrected chi connectivity index (χ3v) is 5.13. The van der Waals surface area contributed by atoms with Gasteiger partial charge in [-0.25, -0.2) is 4.98 Å². The van der Waals surface area contributed by atoms with E-state index in [1.807, 2.05) is 18.2 Å². The van der Waals surface area contributed by atoms with Gasteiger partial charge in [0.05, 0.1) is 14.2 Å². The zero-order valence-electron chi connectivity index (χ0n) is 16.3. The Labute approximate surface area is 162 Å². The Balaban J connectivity index is 1.53. The average Bonchev–Trinajstić information content (AvgIpc) is 3.10. The lowest BCUT2D eigenvalue weighted by molar-refractivity contribution is -0.141. The van der Waals surface area contributed by atoms with Crippen LogP contribution >= 0.6 is 0 Å². The molecule has 3 rings (SSSR count).